The summed E-state index contributed by atoms with van der Waals surface area (Å²) in [7, 11) is 1.81. The number of aliphatic imine (C=N–C) groups is 1. The number of hydrogen-bond acceptors (Lipinski definition) is 2. The molecule has 2 heterocycles. The number of rotatable bonds is 5. The van der Waals surface area contributed by atoms with E-state index in [1.165, 1.54) is 35.7 Å². The summed E-state index contributed by atoms with van der Waals surface area (Å²) in [6.45, 7) is 2.47. The molecule has 30 heavy (non-hydrogen) atoms. The average molecular weight is 523 g/mol. The summed E-state index contributed by atoms with van der Waals surface area (Å²) in [4.78, 5) is 22.5. The first-order chi connectivity index (χ1) is 14.2. The predicted octanol–water partition coefficient (Wildman–Crippen LogP) is 3.67. The van der Waals surface area contributed by atoms with Crippen LogP contribution in [0.25, 0.3) is 10.9 Å². The Bertz CT molecular complexity index is 858. The Morgan fingerprint density at radius 1 is 1.20 bits per heavy atom. The van der Waals surface area contributed by atoms with Crippen LogP contribution >= 0.6 is 24.0 Å². The highest BCUT2D eigenvalue weighted by Crippen LogP contribution is 2.26. The SMILES string of the molecule is CN=C(NCCc1c[nH]c2ccccc12)NC1CCN(C(=O)C2CCCCC2)C1.I. The predicted molar refractivity (Wildman–Crippen MR) is 133 cm³/mol. The summed E-state index contributed by atoms with van der Waals surface area (Å²) in [5.41, 5.74) is 2.49. The maximum absolute atomic E-state index is 12.8. The van der Waals surface area contributed by atoms with Crippen LogP contribution in [0.3, 0.4) is 0 Å². The Morgan fingerprint density at radius 3 is 2.80 bits per heavy atom. The second kappa shape index (κ2) is 11.0. The zero-order valence-corrected chi connectivity index (χ0v) is 20.2. The van der Waals surface area contributed by atoms with Crippen LogP contribution in [0, 0.1) is 5.92 Å². The minimum Gasteiger partial charge on any atom is -0.361 e. The number of likely N-dealkylation sites (tertiary alicyclic amines) is 1. The van der Waals surface area contributed by atoms with Gasteiger partial charge < -0.3 is 20.5 Å². The molecule has 1 saturated heterocycles. The molecule has 4 rings (SSSR count). The number of carbonyl (C=O) groups is 1. The van der Waals surface area contributed by atoms with Gasteiger partial charge in [0.15, 0.2) is 5.96 Å². The van der Waals surface area contributed by atoms with E-state index in [9.17, 15) is 4.79 Å². The molecule has 1 aromatic carbocycles. The maximum atomic E-state index is 12.8. The second-order valence-electron chi connectivity index (χ2n) is 8.36. The molecule has 1 aromatic heterocycles. The number of amides is 1. The van der Waals surface area contributed by atoms with E-state index in [-0.39, 0.29) is 35.9 Å². The van der Waals surface area contributed by atoms with Gasteiger partial charge in [0.2, 0.25) is 5.91 Å². The first-order valence-corrected chi connectivity index (χ1v) is 11.1. The number of aromatic nitrogens is 1. The molecule has 0 bridgehead atoms. The number of halogens is 1. The summed E-state index contributed by atoms with van der Waals surface area (Å²) in [5.74, 6) is 1.45. The number of H-pyrrole nitrogens is 1. The molecule has 0 radical (unpaired) electrons. The first kappa shape index (κ1) is 22.9. The normalized spacial score (nSPS) is 20.2. The molecule has 1 unspecified atom stereocenters. The van der Waals surface area contributed by atoms with Gasteiger partial charge in [-0.2, -0.15) is 0 Å². The number of para-hydroxylation sites is 1. The third-order valence-electron chi connectivity index (χ3n) is 6.38. The number of nitrogens with zero attached hydrogens (tertiary/aromatic N) is 2. The van der Waals surface area contributed by atoms with E-state index in [0.717, 1.165) is 51.3 Å². The van der Waals surface area contributed by atoms with E-state index in [4.69, 9.17) is 0 Å². The third kappa shape index (κ3) is 5.47. The zero-order chi connectivity index (χ0) is 20.1. The fourth-order valence-corrected chi connectivity index (χ4v) is 4.73. The van der Waals surface area contributed by atoms with Crippen molar-refractivity contribution in [3.8, 4) is 0 Å². The standard InChI is InChI=1S/C23H33N5O.HI/c1-24-23(25-13-11-18-15-26-21-10-6-5-9-20(18)21)27-19-12-14-28(16-19)22(29)17-7-3-2-4-8-17;/h5-6,9-10,15,17,19,26H,2-4,7-8,11-14,16H2,1H3,(H2,24,25,27);1H. The van der Waals surface area contributed by atoms with E-state index in [2.05, 4.69) is 56.0 Å². The van der Waals surface area contributed by atoms with Gasteiger partial charge in [0.05, 0.1) is 0 Å². The minimum absolute atomic E-state index is 0. The molecule has 6 nitrogen and oxygen atoms in total. The smallest absolute Gasteiger partial charge is 0.225 e. The van der Waals surface area contributed by atoms with Crippen LogP contribution in [0.1, 0.15) is 44.1 Å². The number of nitrogens with one attached hydrogen (secondary N) is 3. The summed E-state index contributed by atoms with van der Waals surface area (Å²) in [6, 6.07) is 8.67. The number of hydrogen-bond donors (Lipinski definition) is 3. The molecule has 2 fully saturated rings. The van der Waals surface area contributed by atoms with Gasteiger partial charge in [-0.05, 0) is 37.3 Å². The molecule has 2 aromatic rings. The van der Waals surface area contributed by atoms with Gasteiger partial charge in [0, 0.05) is 55.7 Å². The zero-order valence-electron chi connectivity index (χ0n) is 17.8. The number of aromatic amines is 1. The highest BCUT2D eigenvalue weighted by Gasteiger charge is 2.31. The molecule has 1 aliphatic carbocycles. The van der Waals surface area contributed by atoms with E-state index < -0.39 is 0 Å². The highest BCUT2D eigenvalue weighted by atomic mass is 127. The molecule has 1 saturated carbocycles. The molecule has 1 aliphatic heterocycles. The van der Waals surface area contributed by atoms with Crippen LogP contribution in [-0.4, -0.2) is 54.5 Å². The fraction of sp³-hybridized carbons (Fsp3) is 0.565. The van der Waals surface area contributed by atoms with Crippen molar-refractivity contribution < 1.29 is 4.79 Å². The molecule has 0 spiro atoms. The highest BCUT2D eigenvalue weighted by molar-refractivity contribution is 14.0. The van der Waals surface area contributed by atoms with Gasteiger partial charge in [-0.15, -0.1) is 24.0 Å². The van der Waals surface area contributed by atoms with Crippen molar-refractivity contribution in [3.05, 3.63) is 36.0 Å². The number of guanidine groups is 1. The molecule has 3 N–H and O–H groups in total. The van der Waals surface area contributed by atoms with Gasteiger partial charge in [-0.1, -0.05) is 37.5 Å². The van der Waals surface area contributed by atoms with Crippen LogP contribution in [-0.2, 0) is 11.2 Å². The van der Waals surface area contributed by atoms with Crippen LogP contribution in [0.15, 0.2) is 35.5 Å². The van der Waals surface area contributed by atoms with Gasteiger partial charge in [0.1, 0.15) is 0 Å². The summed E-state index contributed by atoms with van der Waals surface area (Å²) < 4.78 is 0. The number of benzene rings is 1. The number of fused-ring (bicyclic) bond motifs is 1. The summed E-state index contributed by atoms with van der Waals surface area (Å²) in [5, 5.41) is 8.22. The lowest BCUT2D eigenvalue weighted by Crippen LogP contribution is -2.46. The Labute approximate surface area is 196 Å². The third-order valence-corrected chi connectivity index (χ3v) is 6.38. The van der Waals surface area contributed by atoms with E-state index in [0.29, 0.717) is 5.91 Å². The lowest BCUT2D eigenvalue weighted by Gasteiger charge is -2.26. The molecule has 164 valence electrons. The Morgan fingerprint density at radius 2 is 2.00 bits per heavy atom. The van der Waals surface area contributed by atoms with Gasteiger partial charge in [-0.25, -0.2) is 0 Å². The molecule has 2 aliphatic rings. The van der Waals surface area contributed by atoms with E-state index in [1.807, 2.05) is 0 Å². The van der Waals surface area contributed by atoms with Crippen LogP contribution in [0.4, 0.5) is 0 Å². The van der Waals surface area contributed by atoms with Crippen molar-refractivity contribution in [2.24, 2.45) is 10.9 Å². The van der Waals surface area contributed by atoms with Crippen LogP contribution < -0.4 is 10.6 Å². The molecule has 7 heteroatoms. The Hall–Kier alpha value is -1.77. The van der Waals surface area contributed by atoms with Gasteiger partial charge in [-0.3, -0.25) is 9.79 Å². The van der Waals surface area contributed by atoms with Crippen LogP contribution in [0.5, 0.6) is 0 Å². The summed E-state index contributed by atoms with van der Waals surface area (Å²) >= 11 is 0. The van der Waals surface area contributed by atoms with Gasteiger partial charge in [0.25, 0.3) is 0 Å². The topological polar surface area (TPSA) is 72.5 Å². The Kier molecular flexibility index (Phi) is 8.41. The largest absolute Gasteiger partial charge is 0.361 e. The number of carbonyl (C=O) groups excluding carboxylic acids is 1. The maximum Gasteiger partial charge on any atom is 0.225 e. The lowest BCUT2D eigenvalue weighted by atomic mass is 9.88. The fourth-order valence-electron chi connectivity index (χ4n) is 4.73. The van der Waals surface area contributed by atoms with Crippen molar-refractivity contribution in [2.75, 3.05) is 26.7 Å². The molecular formula is C23H34IN5O. The van der Waals surface area contributed by atoms with E-state index in [1.54, 1.807) is 7.05 Å². The quantitative estimate of drug-likeness (QED) is 0.318. The lowest BCUT2D eigenvalue weighted by molar-refractivity contribution is -0.135. The monoisotopic (exact) mass is 523 g/mol. The van der Waals surface area contributed by atoms with Crippen molar-refractivity contribution >= 4 is 46.7 Å². The van der Waals surface area contributed by atoms with Crippen molar-refractivity contribution in [1.29, 1.82) is 0 Å². The Balaban J connectivity index is 0.00000256. The molecule has 1 amide bonds. The molecule has 1 atom stereocenters. The molecular weight excluding hydrogens is 489 g/mol. The van der Waals surface area contributed by atoms with Crippen LogP contribution in [0.2, 0.25) is 0 Å². The average Bonchev–Trinajstić information content (AvgIpc) is 3.40. The van der Waals surface area contributed by atoms with Crippen molar-refractivity contribution in [2.45, 2.75) is 51.0 Å². The summed E-state index contributed by atoms with van der Waals surface area (Å²) in [6.07, 6.45) is 9.86. The minimum atomic E-state index is 0. The van der Waals surface area contributed by atoms with Crippen molar-refractivity contribution in [1.82, 2.24) is 20.5 Å². The van der Waals surface area contributed by atoms with Gasteiger partial charge >= 0.3 is 0 Å². The first-order valence-electron chi connectivity index (χ1n) is 11.1. The second-order valence-corrected chi connectivity index (χ2v) is 8.36. The van der Waals surface area contributed by atoms with E-state index >= 15 is 0 Å². The van der Waals surface area contributed by atoms with Crippen molar-refractivity contribution in [3.63, 3.8) is 0 Å².